The molecule has 3 N–H and O–H groups in total. The summed E-state index contributed by atoms with van der Waals surface area (Å²) in [7, 11) is 1.55. The van der Waals surface area contributed by atoms with E-state index in [1.165, 1.54) is 0 Å². The molecule has 0 aromatic heterocycles. The highest BCUT2D eigenvalue weighted by Gasteiger charge is 2.39. The molecule has 1 aliphatic heterocycles. The van der Waals surface area contributed by atoms with Crippen LogP contribution in [-0.4, -0.2) is 43.4 Å². The van der Waals surface area contributed by atoms with Gasteiger partial charge >= 0.3 is 0 Å². The van der Waals surface area contributed by atoms with Gasteiger partial charge in [-0.25, -0.2) is 0 Å². The van der Waals surface area contributed by atoms with Crippen LogP contribution in [0.25, 0.3) is 0 Å². The van der Waals surface area contributed by atoms with Crippen molar-refractivity contribution in [2.75, 3.05) is 26.7 Å². The molecule has 1 aliphatic rings. The number of hydrogen-bond acceptors (Lipinski definition) is 4. The maximum Gasteiger partial charge on any atom is 0.252 e. The Bertz CT molecular complexity index is 490. The van der Waals surface area contributed by atoms with Gasteiger partial charge in [0, 0.05) is 24.2 Å². The van der Waals surface area contributed by atoms with Crippen molar-refractivity contribution >= 4 is 17.5 Å². The van der Waals surface area contributed by atoms with Crippen LogP contribution in [0.15, 0.2) is 24.3 Å². The first-order valence-corrected chi connectivity index (χ1v) is 7.43. The standard InChI is InChI=1S/C15H21ClN2O3/c1-21-15(6-8-17-9-7-15)14(20)18-10-13(19)11-4-2-3-5-12(11)16/h2-5,13,17,19H,6-10H2,1H3,(H,18,20)/t13-/m1/s1. The number of amides is 1. The lowest BCUT2D eigenvalue weighted by Gasteiger charge is -2.35. The lowest BCUT2D eigenvalue weighted by molar-refractivity contribution is -0.147. The fourth-order valence-electron chi connectivity index (χ4n) is 2.56. The van der Waals surface area contributed by atoms with Gasteiger partial charge < -0.3 is 20.5 Å². The summed E-state index contributed by atoms with van der Waals surface area (Å²) in [5.74, 6) is -0.183. The molecular formula is C15H21ClN2O3. The maximum absolute atomic E-state index is 12.4. The average molecular weight is 313 g/mol. The number of nitrogens with one attached hydrogen (secondary N) is 2. The van der Waals surface area contributed by atoms with Crippen molar-refractivity contribution < 1.29 is 14.6 Å². The SMILES string of the molecule is COC1(C(=O)NC[C@@H](O)c2ccccc2Cl)CCNCC1. The third-order valence-electron chi connectivity index (χ3n) is 3.94. The van der Waals surface area contributed by atoms with Crippen molar-refractivity contribution in [2.45, 2.75) is 24.5 Å². The van der Waals surface area contributed by atoms with E-state index in [4.69, 9.17) is 16.3 Å². The molecule has 1 fully saturated rings. The van der Waals surface area contributed by atoms with Crippen LogP contribution in [0.3, 0.4) is 0 Å². The zero-order valence-electron chi connectivity index (χ0n) is 12.1. The van der Waals surface area contributed by atoms with E-state index in [9.17, 15) is 9.90 Å². The smallest absolute Gasteiger partial charge is 0.252 e. The molecular weight excluding hydrogens is 292 g/mol. The molecule has 21 heavy (non-hydrogen) atoms. The fourth-order valence-corrected chi connectivity index (χ4v) is 2.82. The summed E-state index contributed by atoms with van der Waals surface area (Å²) in [4.78, 5) is 12.4. The first-order chi connectivity index (χ1) is 10.1. The minimum atomic E-state index is -0.835. The minimum Gasteiger partial charge on any atom is -0.387 e. The Morgan fingerprint density at radius 3 is 2.76 bits per heavy atom. The molecule has 1 saturated heterocycles. The number of ether oxygens (including phenoxy) is 1. The van der Waals surface area contributed by atoms with Crippen LogP contribution in [0.1, 0.15) is 24.5 Å². The summed E-state index contributed by atoms with van der Waals surface area (Å²) >= 11 is 6.03. The first-order valence-electron chi connectivity index (χ1n) is 7.06. The maximum atomic E-state index is 12.4. The molecule has 1 aromatic carbocycles. The predicted molar refractivity (Wildman–Crippen MR) is 81.3 cm³/mol. The molecule has 0 unspecified atom stereocenters. The van der Waals surface area contributed by atoms with Crippen LogP contribution in [0.5, 0.6) is 0 Å². The number of methoxy groups -OCH3 is 1. The largest absolute Gasteiger partial charge is 0.387 e. The van der Waals surface area contributed by atoms with Crippen LogP contribution in [0.4, 0.5) is 0 Å². The topological polar surface area (TPSA) is 70.6 Å². The molecule has 1 heterocycles. The molecule has 0 bridgehead atoms. The lowest BCUT2D eigenvalue weighted by Crippen LogP contribution is -2.54. The number of aliphatic hydroxyl groups excluding tert-OH is 1. The molecule has 5 nitrogen and oxygen atoms in total. The Morgan fingerprint density at radius 1 is 1.48 bits per heavy atom. The first kappa shape index (κ1) is 16.2. The number of piperidine rings is 1. The second-order valence-electron chi connectivity index (χ2n) is 5.20. The van der Waals surface area contributed by atoms with Gasteiger partial charge in [-0.2, -0.15) is 0 Å². The van der Waals surface area contributed by atoms with E-state index in [-0.39, 0.29) is 12.5 Å². The van der Waals surface area contributed by atoms with Crippen molar-refractivity contribution in [1.29, 1.82) is 0 Å². The highest BCUT2D eigenvalue weighted by atomic mass is 35.5. The van der Waals surface area contributed by atoms with E-state index >= 15 is 0 Å². The average Bonchev–Trinajstić information content (AvgIpc) is 2.53. The van der Waals surface area contributed by atoms with Crippen molar-refractivity contribution in [3.63, 3.8) is 0 Å². The van der Waals surface area contributed by atoms with Gasteiger partial charge in [0.15, 0.2) is 0 Å². The zero-order chi connectivity index (χ0) is 15.3. The van der Waals surface area contributed by atoms with E-state index in [0.29, 0.717) is 23.4 Å². The Kier molecular flexibility index (Phi) is 5.58. The highest BCUT2D eigenvalue weighted by Crippen LogP contribution is 2.24. The zero-order valence-corrected chi connectivity index (χ0v) is 12.8. The Labute approximate surface area is 129 Å². The van der Waals surface area contributed by atoms with Gasteiger partial charge in [-0.1, -0.05) is 29.8 Å². The fraction of sp³-hybridized carbons (Fsp3) is 0.533. The summed E-state index contributed by atoms with van der Waals surface area (Å²) in [5.41, 5.74) is -0.193. The molecule has 116 valence electrons. The van der Waals surface area contributed by atoms with Gasteiger partial charge in [0.2, 0.25) is 0 Å². The van der Waals surface area contributed by atoms with E-state index in [1.54, 1.807) is 31.4 Å². The number of aliphatic hydroxyl groups is 1. The number of hydrogen-bond donors (Lipinski definition) is 3. The van der Waals surface area contributed by atoms with Gasteiger partial charge in [0.05, 0.1) is 6.10 Å². The summed E-state index contributed by atoms with van der Waals surface area (Å²) in [6.45, 7) is 1.60. The third-order valence-corrected chi connectivity index (χ3v) is 4.28. The van der Waals surface area contributed by atoms with Crippen LogP contribution < -0.4 is 10.6 Å². The summed E-state index contributed by atoms with van der Waals surface area (Å²) in [5, 5.41) is 16.6. The summed E-state index contributed by atoms with van der Waals surface area (Å²) in [6, 6.07) is 7.06. The highest BCUT2D eigenvalue weighted by molar-refractivity contribution is 6.31. The van der Waals surface area contributed by atoms with Crippen LogP contribution in [0.2, 0.25) is 5.02 Å². The van der Waals surface area contributed by atoms with Gasteiger partial charge in [-0.05, 0) is 32.0 Å². The summed E-state index contributed by atoms with van der Waals surface area (Å²) in [6.07, 6.45) is 0.410. The van der Waals surface area contributed by atoms with Crippen LogP contribution in [-0.2, 0) is 9.53 Å². The van der Waals surface area contributed by atoms with E-state index in [2.05, 4.69) is 10.6 Å². The predicted octanol–water partition coefficient (Wildman–Crippen LogP) is 1.26. The third kappa shape index (κ3) is 3.74. The monoisotopic (exact) mass is 312 g/mol. The number of rotatable bonds is 5. The molecule has 1 amide bonds. The van der Waals surface area contributed by atoms with Crippen molar-refractivity contribution in [3.05, 3.63) is 34.9 Å². The van der Waals surface area contributed by atoms with Crippen molar-refractivity contribution in [1.82, 2.24) is 10.6 Å². The molecule has 0 spiro atoms. The second kappa shape index (κ2) is 7.22. The van der Waals surface area contributed by atoms with Crippen molar-refractivity contribution in [3.8, 4) is 0 Å². The van der Waals surface area contributed by atoms with Crippen molar-refractivity contribution in [2.24, 2.45) is 0 Å². The molecule has 1 aromatic rings. The lowest BCUT2D eigenvalue weighted by atomic mass is 9.91. The number of carbonyl (C=O) groups excluding carboxylic acids is 1. The van der Waals surface area contributed by atoms with Crippen LogP contribution in [0, 0.1) is 0 Å². The van der Waals surface area contributed by atoms with Gasteiger partial charge in [0.25, 0.3) is 5.91 Å². The van der Waals surface area contributed by atoms with E-state index in [0.717, 1.165) is 13.1 Å². The Morgan fingerprint density at radius 2 is 2.14 bits per heavy atom. The quantitative estimate of drug-likeness (QED) is 0.765. The molecule has 6 heteroatoms. The molecule has 0 radical (unpaired) electrons. The Balaban J connectivity index is 1.95. The number of benzene rings is 1. The van der Waals surface area contributed by atoms with E-state index < -0.39 is 11.7 Å². The van der Waals surface area contributed by atoms with Gasteiger partial charge in [-0.3, -0.25) is 4.79 Å². The number of halogens is 1. The van der Waals surface area contributed by atoms with E-state index in [1.807, 2.05) is 0 Å². The molecule has 2 rings (SSSR count). The molecule has 1 atom stereocenters. The number of carbonyl (C=O) groups is 1. The molecule has 0 saturated carbocycles. The second-order valence-corrected chi connectivity index (χ2v) is 5.60. The molecule has 0 aliphatic carbocycles. The Hall–Kier alpha value is -1.14. The summed E-state index contributed by atoms with van der Waals surface area (Å²) < 4.78 is 5.44. The van der Waals surface area contributed by atoms with Gasteiger partial charge in [0.1, 0.15) is 5.60 Å². The van der Waals surface area contributed by atoms with Gasteiger partial charge in [-0.15, -0.1) is 0 Å². The minimum absolute atomic E-state index is 0.112. The van der Waals surface area contributed by atoms with Crippen LogP contribution >= 0.6 is 11.6 Å². The normalized spacial score (nSPS) is 19.0.